The quantitative estimate of drug-likeness (QED) is 0.421. The minimum Gasteiger partial charge on any atom is -0.296 e. The van der Waals surface area contributed by atoms with Crippen molar-refractivity contribution in [3.05, 3.63) is 61.7 Å². The molecule has 1 aromatic carbocycles. The first kappa shape index (κ1) is 22.3. The molecule has 2 aromatic heterocycles. The molecule has 0 unspecified atom stereocenters. The van der Waals surface area contributed by atoms with E-state index in [9.17, 15) is 9.18 Å². The Balaban J connectivity index is 1.68. The van der Waals surface area contributed by atoms with Gasteiger partial charge in [-0.15, -0.1) is 11.3 Å². The fraction of sp³-hybridized carbons (Fsp3) is 0.364. The van der Waals surface area contributed by atoms with Crippen LogP contribution in [0.2, 0.25) is 10.2 Å². The number of carbonyl (C=O) groups excluding carboxylic acids is 1. The molecule has 9 heteroatoms. The van der Waals surface area contributed by atoms with E-state index in [0.717, 1.165) is 24.3 Å². The van der Waals surface area contributed by atoms with Gasteiger partial charge in [-0.25, -0.2) is 19.3 Å². The van der Waals surface area contributed by atoms with Crippen LogP contribution < -0.4 is 0 Å². The summed E-state index contributed by atoms with van der Waals surface area (Å²) in [4.78, 5) is 28.7. The van der Waals surface area contributed by atoms with E-state index in [0.29, 0.717) is 39.4 Å². The molecular weight excluding hydrogens is 458 g/mol. The van der Waals surface area contributed by atoms with E-state index in [-0.39, 0.29) is 28.9 Å². The molecule has 0 radical (unpaired) electrons. The summed E-state index contributed by atoms with van der Waals surface area (Å²) in [5.41, 5.74) is 1.94. The van der Waals surface area contributed by atoms with Gasteiger partial charge < -0.3 is 0 Å². The maximum atomic E-state index is 14.4. The summed E-state index contributed by atoms with van der Waals surface area (Å²) >= 11 is 13.5. The molecule has 0 aliphatic carbocycles. The molecule has 1 atom stereocenters. The summed E-state index contributed by atoms with van der Waals surface area (Å²) < 4.78 is 14.4. The highest BCUT2D eigenvalue weighted by molar-refractivity contribution is 7.12. The molecule has 162 valence electrons. The van der Waals surface area contributed by atoms with Crippen LogP contribution in [0.3, 0.4) is 0 Å². The summed E-state index contributed by atoms with van der Waals surface area (Å²) in [6.07, 6.45) is 5.10. The number of carbonyl (C=O) groups is 1. The van der Waals surface area contributed by atoms with Crippen molar-refractivity contribution in [2.45, 2.75) is 45.7 Å². The molecule has 1 fully saturated rings. The van der Waals surface area contributed by atoms with E-state index in [1.807, 2.05) is 0 Å². The molecule has 3 aromatic rings. The second-order valence-electron chi connectivity index (χ2n) is 7.73. The van der Waals surface area contributed by atoms with Gasteiger partial charge in [0.2, 0.25) is 0 Å². The van der Waals surface area contributed by atoms with E-state index in [4.69, 9.17) is 28.2 Å². The maximum absolute atomic E-state index is 14.4. The first-order chi connectivity index (χ1) is 14.8. The molecule has 1 saturated heterocycles. The summed E-state index contributed by atoms with van der Waals surface area (Å²) in [6, 6.07) is 3.67. The molecule has 0 bridgehead atoms. The average molecular weight is 479 g/mol. The van der Waals surface area contributed by atoms with Gasteiger partial charge in [-0.2, -0.15) is 0 Å². The third kappa shape index (κ3) is 4.95. The Hall–Kier alpha value is -1.93. The normalized spacial score (nSPS) is 16.7. The van der Waals surface area contributed by atoms with Crippen molar-refractivity contribution < 1.29 is 9.18 Å². The van der Waals surface area contributed by atoms with Crippen LogP contribution >= 0.6 is 34.5 Å². The smallest absolute Gasteiger partial charge is 0.189 e. The fourth-order valence-electron chi connectivity index (χ4n) is 3.69. The van der Waals surface area contributed by atoms with Gasteiger partial charge in [0.15, 0.2) is 5.78 Å². The summed E-state index contributed by atoms with van der Waals surface area (Å²) in [5, 5.41) is 1.24. The zero-order valence-electron chi connectivity index (χ0n) is 17.2. The van der Waals surface area contributed by atoms with Gasteiger partial charge in [0.05, 0.1) is 24.5 Å². The average Bonchev–Trinajstić information content (AvgIpc) is 3.32. The highest BCUT2D eigenvalue weighted by atomic mass is 35.5. The molecule has 0 saturated carbocycles. The highest BCUT2D eigenvalue weighted by Crippen LogP contribution is 2.34. The minimum absolute atomic E-state index is 0.0889. The van der Waals surface area contributed by atoms with Gasteiger partial charge in [-0.3, -0.25) is 9.69 Å². The Labute approximate surface area is 194 Å². The van der Waals surface area contributed by atoms with Crippen molar-refractivity contribution in [3.63, 3.8) is 0 Å². The van der Waals surface area contributed by atoms with E-state index < -0.39 is 0 Å². The van der Waals surface area contributed by atoms with Crippen LogP contribution in [0, 0.1) is 12.7 Å². The van der Waals surface area contributed by atoms with E-state index >= 15 is 0 Å². The van der Waals surface area contributed by atoms with Gasteiger partial charge in [0.1, 0.15) is 21.7 Å². The predicted molar refractivity (Wildman–Crippen MR) is 121 cm³/mol. The summed E-state index contributed by atoms with van der Waals surface area (Å²) in [6.45, 7) is 5.57. The standard InChI is InChI=1S/C22H21Cl2FN4OS/c1-12-4-3-5-29(12)11-19-22(14-6-15(23)13(2)16(25)7-14)28-21(31-19)8-18(30)17-9-27-20(24)10-26-17/h6-7,9-10,12H,3-5,8,11H2,1-2H3/t12-/m1/s1. The number of hydrogen-bond acceptors (Lipinski definition) is 6. The van der Waals surface area contributed by atoms with Crippen LogP contribution in [-0.2, 0) is 13.0 Å². The number of thiazole rings is 1. The van der Waals surface area contributed by atoms with Crippen molar-refractivity contribution in [2.75, 3.05) is 6.54 Å². The lowest BCUT2D eigenvalue weighted by molar-refractivity contribution is 0.0988. The zero-order chi connectivity index (χ0) is 22.1. The minimum atomic E-state index is -0.370. The molecule has 0 N–H and O–H groups in total. The zero-order valence-corrected chi connectivity index (χ0v) is 19.5. The molecule has 3 heterocycles. The SMILES string of the molecule is Cc1c(F)cc(-c2nc(CC(=O)c3cnc(Cl)cn3)sc2CN2CCC[C@H]2C)cc1Cl. The van der Waals surface area contributed by atoms with Crippen molar-refractivity contribution in [1.29, 1.82) is 0 Å². The maximum Gasteiger partial charge on any atom is 0.189 e. The van der Waals surface area contributed by atoms with Crippen molar-refractivity contribution in [2.24, 2.45) is 0 Å². The second-order valence-corrected chi connectivity index (χ2v) is 9.69. The molecule has 1 aliphatic rings. The number of benzene rings is 1. The number of halogens is 3. The molecule has 1 aliphatic heterocycles. The predicted octanol–water partition coefficient (Wildman–Crippen LogP) is 5.76. The highest BCUT2D eigenvalue weighted by Gasteiger charge is 2.25. The number of aromatic nitrogens is 3. The van der Waals surface area contributed by atoms with Crippen LogP contribution in [0.25, 0.3) is 11.3 Å². The molecule has 0 amide bonds. The van der Waals surface area contributed by atoms with Gasteiger partial charge in [-0.05, 0) is 45.4 Å². The first-order valence-corrected chi connectivity index (χ1v) is 11.6. The van der Waals surface area contributed by atoms with Crippen LogP contribution in [-0.4, -0.2) is 38.2 Å². The van der Waals surface area contributed by atoms with Crippen LogP contribution in [0.5, 0.6) is 0 Å². The number of ketones is 1. The topological polar surface area (TPSA) is 59.0 Å². The van der Waals surface area contributed by atoms with Crippen LogP contribution in [0.1, 0.15) is 45.7 Å². The summed E-state index contributed by atoms with van der Waals surface area (Å²) in [5.74, 6) is -0.566. The molecule has 5 nitrogen and oxygen atoms in total. The lowest BCUT2D eigenvalue weighted by atomic mass is 10.1. The van der Waals surface area contributed by atoms with Crippen LogP contribution in [0.15, 0.2) is 24.5 Å². The number of Topliss-reactive ketones (excluding diaryl/α,β-unsaturated/α-hetero) is 1. The van der Waals surface area contributed by atoms with Crippen LogP contribution in [0.4, 0.5) is 4.39 Å². The number of rotatable bonds is 6. The molecule has 0 spiro atoms. The Morgan fingerprint density at radius 2 is 2.10 bits per heavy atom. The number of nitrogens with zero attached hydrogens (tertiary/aromatic N) is 4. The largest absolute Gasteiger partial charge is 0.296 e. The Morgan fingerprint density at radius 1 is 1.29 bits per heavy atom. The third-order valence-electron chi connectivity index (χ3n) is 5.55. The lowest BCUT2D eigenvalue weighted by Gasteiger charge is -2.20. The van der Waals surface area contributed by atoms with Crippen molar-refractivity contribution in [1.82, 2.24) is 19.9 Å². The van der Waals surface area contributed by atoms with Gasteiger partial charge in [-0.1, -0.05) is 23.2 Å². The van der Waals surface area contributed by atoms with Gasteiger partial charge in [0.25, 0.3) is 0 Å². The van der Waals surface area contributed by atoms with Crippen molar-refractivity contribution >= 4 is 40.3 Å². The van der Waals surface area contributed by atoms with E-state index in [2.05, 4.69) is 21.8 Å². The molecule has 4 rings (SSSR count). The Bertz CT molecular complexity index is 1100. The Morgan fingerprint density at radius 3 is 2.74 bits per heavy atom. The molecular formula is C22H21Cl2FN4OS. The third-order valence-corrected chi connectivity index (χ3v) is 7.18. The lowest BCUT2D eigenvalue weighted by Crippen LogP contribution is -2.25. The van der Waals surface area contributed by atoms with Crippen molar-refractivity contribution in [3.8, 4) is 11.3 Å². The number of hydrogen-bond donors (Lipinski definition) is 0. The second kappa shape index (κ2) is 9.28. The monoisotopic (exact) mass is 478 g/mol. The van der Waals surface area contributed by atoms with E-state index in [1.54, 1.807) is 13.0 Å². The first-order valence-electron chi connectivity index (χ1n) is 10.0. The van der Waals surface area contributed by atoms with Gasteiger partial charge in [0, 0.05) is 33.6 Å². The fourth-order valence-corrected chi connectivity index (χ4v) is 5.11. The van der Waals surface area contributed by atoms with Gasteiger partial charge >= 0.3 is 0 Å². The molecule has 31 heavy (non-hydrogen) atoms. The van der Waals surface area contributed by atoms with E-state index in [1.165, 1.54) is 29.8 Å². The summed E-state index contributed by atoms with van der Waals surface area (Å²) in [7, 11) is 0. The number of likely N-dealkylation sites (tertiary alicyclic amines) is 1. The Kier molecular flexibility index (Phi) is 6.67.